The van der Waals surface area contributed by atoms with Crippen molar-refractivity contribution in [3.8, 4) is 5.75 Å². The summed E-state index contributed by atoms with van der Waals surface area (Å²) in [5.74, 6) is 0.624. The SMILES string of the molecule is O=C(c1cc(COc2cncc(Cl)c2)on1)N1CCCO1. The molecule has 0 bridgehead atoms. The summed E-state index contributed by atoms with van der Waals surface area (Å²) in [6, 6.07) is 3.16. The van der Waals surface area contributed by atoms with Crippen LogP contribution in [0.1, 0.15) is 22.7 Å². The monoisotopic (exact) mass is 309 g/mol. The lowest BCUT2D eigenvalue weighted by Gasteiger charge is -2.10. The first-order chi connectivity index (χ1) is 10.2. The molecule has 110 valence electrons. The molecular formula is C13H12ClN3O4. The van der Waals surface area contributed by atoms with Crippen LogP contribution in [0, 0.1) is 0 Å². The van der Waals surface area contributed by atoms with Gasteiger partial charge in [-0.05, 0) is 6.42 Å². The number of pyridine rings is 1. The van der Waals surface area contributed by atoms with E-state index < -0.39 is 0 Å². The summed E-state index contributed by atoms with van der Waals surface area (Å²) in [7, 11) is 0. The summed E-state index contributed by atoms with van der Waals surface area (Å²) in [6.45, 7) is 1.23. The van der Waals surface area contributed by atoms with Crippen molar-refractivity contribution in [2.45, 2.75) is 13.0 Å². The number of rotatable bonds is 4. The number of hydroxylamine groups is 2. The standard InChI is InChI=1S/C13H12ClN3O4/c14-9-4-10(7-15-6-9)19-8-11-5-12(16-21-11)13(18)17-2-1-3-20-17/h4-7H,1-3,8H2. The van der Waals surface area contributed by atoms with Gasteiger partial charge in [0.2, 0.25) is 0 Å². The fourth-order valence-corrected chi connectivity index (χ4v) is 2.01. The smallest absolute Gasteiger partial charge is 0.299 e. The first-order valence-corrected chi connectivity index (χ1v) is 6.74. The molecule has 1 aliphatic heterocycles. The molecule has 8 heteroatoms. The molecule has 21 heavy (non-hydrogen) atoms. The molecule has 3 rings (SSSR count). The molecule has 0 atom stereocenters. The molecule has 0 unspecified atom stereocenters. The Labute approximate surface area is 125 Å². The van der Waals surface area contributed by atoms with Gasteiger partial charge in [-0.15, -0.1) is 0 Å². The highest BCUT2D eigenvalue weighted by atomic mass is 35.5. The highest BCUT2D eigenvalue weighted by Crippen LogP contribution is 2.17. The lowest BCUT2D eigenvalue weighted by atomic mass is 10.3. The van der Waals surface area contributed by atoms with Gasteiger partial charge in [0.15, 0.2) is 11.5 Å². The molecule has 0 radical (unpaired) electrons. The first-order valence-electron chi connectivity index (χ1n) is 6.36. The van der Waals surface area contributed by atoms with E-state index >= 15 is 0 Å². The molecule has 2 aromatic rings. The van der Waals surface area contributed by atoms with Crippen LogP contribution in [-0.4, -0.2) is 34.3 Å². The third-order valence-corrected chi connectivity index (χ3v) is 3.02. The Kier molecular flexibility index (Phi) is 4.03. The third-order valence-electron chi connectivity index (χ3n) is 2.82. The Bertz CT molecular complexity index is 640. The van der Waals surface area contributed by atoms with Crippen LogP contribution in [0.2, 0.25) is 5.02 Å². The van der Waals surface area contributed by atoms with Crippen molar-refractivity contribution in [2.24, 2.45) is 0 Å². The minimum absolute atomic E-state index is 0.128. The van der Waals surface area contributed by atoms with Gasteiger partial charge in [-0.2, -0.15) is 0 Å². The summed E-state index contributed by atoms with van der Waals surface area (Å²) < 4.78 is 10.5. The van der Waals surface area contributed by atoms with Gasteiger partial charge in [0.25, 0.3) is 5.91 Å². The van der Waals surface area contributed by atoms with Crippen LogP contribution < -0.4 is 4.74 Å². The number of aromatic nitrogens is 2. The average Bonchev–Trinajstić information content (AvgIpc) is 3.16. The maximum Gasteiger partial charge on any atom is 0.299 e. The molecule has 0 aromatic carbocycles. The van der Waals surface area contributed by atoms with Gasteiger partial charge in [0.1, 0.15) is 12.4 Å². The minimum Gasteiger partial charge on any atom is -0.484 e. The number of hydrogen-bond acceptors (Lipinski definition) is 6. The fraction of sp³-hybridized carbons (Fsp3) is 0.308. The largest absolute Gasteiger partial charge is 0.484 e. The maximum absolute atomic E-state index is 12.0. The molecule has 0 aliphatic carbocycles. The molecule has 0 spiro atoms. The van der Waals surface area contributed by atoms with Crippen LogP contribution in [0.15, 0.2) is 29.0 Å². The van der Waals surface area contributed by atoms with Crippen molar-refractivity contribution >= 4 is 17.5 Å². The average molecular weight is 310 g/mol. The first kappa shape index (κ1) is 13.8. The van der Waals surface area contributed by atoms with E-state index in [1.165, 1.54) is 23.5 Å². The second kappa shape index (κ2) is 6.11. The Hall–Kier alpha value is -2.12. The summed E-state index contributed by atoms with van der Waals surface area (Å²) >= 11 is 5.80. The van der Waals surface area contributed by atoms with E-state index in [4.69, 9.17) is 25.7 Å². The van der Waals surface area contributed by atoms with E-state index in [9.17, 15) is 4.79 Å². The zero-order chi connectivity index (χ0) is 14.7. The Morgan fingerprint density at radius 3 is 3.10 bits per heavy atom. The van der Waals surface area contributed by atoms with Gasteiger partial charge in [0.05, 0.1) is 24.4 Å². The van der Waals surface area contributed by atoms with Crippen molar-refractivity contribution in [3.05, 3.63) is 41.0 Å². The molecule has 1 saturated heterocycles. The zero-order valence-corrected chi connectivity index (χ0v) is 11.7. The van der Waals surface area contributed by atoms with E-state index in [1.54, 1.807) is 6.07 Å². The molecular weight excluding hydrogens is 298 g/mol. The Balaban J connectivity index is 1.61. The number of hydrogen-bond donors (Lipinski definition) is 0. The number of halogens is 1. The van der Waals surface area contributed by atoms with Crippen molar-refractivity contribution in [3.63, 3.8) is 0 Å². The van der Waals surface area contributed by atoms with Crippen molar-refractivity contribution in [1.29, 1.82) is 0 Å². The maximum atomic E-state index is 12.0. The second-order valence-electron chi connectivity index (χ2n) is 4.40. The van der Waals surface area contributed by atoms with Crippen LogP contribution in [0.4, 0.5) is 0 Å². The lowest BCUT2D eigenvalue weighted by molar-refractivity contribution is -0.0773. The van der Waals surface area contributed by atoms with Gasteiger partial charge in [0, 0.05) is 18.3 Å². The molecule has 0 N–H and O–H groups in total. The Morgan fingerprint density at radius 2 is 2.33 bits per heavy atom. The fourth-order valence-electron chi connectivity index (χ4n) is 1.84. The normalized spacial score (nSPS) is 14.4. The van der Waals surface area contributed by atoms with E-state index in [0.29, 0.717) is 29.7 Å². The van der Waals surface area contributed by atoms with Gasteiger partial charge < -0.3 is 9.26 Å². The van der Waals surface area contributed by atoms with Gasteiger partial charge in [-0.3, -0.25) is 14.6 Å². The van der Waals surface area contributed by atoms with Crippen LogP contribution in [-0.2, 0) is 11.4 Å². The van der Waals surface area contributed by atoms with E-state index in [-0.39, 0.29) is 18.2 Å². The van der Waals surface area contributed by atoms with E-state index in [0.717, 1.165) is 6.42 Å². The molecule has 1 amide bonds. The summed E-state index contributed by atoms with van der Waals surface area (Å²) in [6.07, 6.45) is 3.86. The van der Waals surface area contributed by atoms with Crippen molar-refractivity contribution < 1.29 is 18.9 Å². The predicted molar refractivity (Wildman–Crippen MR) is 71.7 cm³/mol. The van der Waals surface area contributed by atoms with Crippen LogP contribution >= 0.6 is 11.6 Å². The minimum atomic E-state index is -0.313. The van der Waals surface area contributed by atoms with Gasteiger partial charge in [-0.25, -0.2) is 5.06 Å². The molecule has 1 aliphatic rings. The quantitative estimate of drug-likeness (QED) is 0.860. The number of nitrogens with zero attached hydrogens (tertiary/aromatic N) is 3. The summed E-state index contributed by atoms with van der Waals surface area (Å²) in [4.78, 5) is 21.1. The van der Waals surface area contributed by atoms with E-state index in [2.05, 4.69) is 10.1 Å². The number of carbonyl (C=O) groups is 1. The Morgan fingerprint density at radius 1 is 1.43 bits per heavy atom. The zero-order valence-electron chi connectivity index (χ0n) is 11.0. The van der Waals surface area contributed by atoms with Crippen molar-refractivity contribution in [2.75, 3.05) is 13.2 Å². The highest BCUT2D eigenvalue weighted by molar-refractivity contribution is 6.30. The molecule has 2 aromatic heterocycles. The predicted octanol–water partition coefficient (Wildman–Crippen LogP) is 2.08. The van der Waals surface area contributed by atoms with Crippen LogP contribution in [0.25, 0.3) is 0 Å². The summed E-state index contributed by atoms with van der Waals surface area (Å²) in [5.41, 5.74) is 0.194. The number of ether oxygens (including phenoxy) is 1. The summed E-state index contributed by atoms with van der Waals surface area (Å²) in [5, 5.41) is 5.48. The number of carbonyl (C=O) groups excluding carboxylic acids is 1. The number of amides is 1. The van der Waals surface area contributed by atoms with Crippen LogP contribution in [0.5, 0.6) is 5.75 Å². The van der Waals surface area contributed by atoms with Gasteiger partial charge in [-0.1, -0.05) is 16.8 Å². The van der Waals surface area contributed by atoms with Gasteiger partial charge >= 0.3 is 0 Å². The molecule has 0 saturated carbocycles. The van der Waals surface area contributed by atoms with Crippen LogP contribution in [0.3, 0.4) is 0 Å². The molecule has 7 nitrogen and oxygen atoms in total. The molecule has 1 fully saturated rings. The third kappa shape index (κ3) is 3.32. The second-order valence-corrected chi connectivity index (χ2v) is 4.84. The van der Waals surface area contributed by atoms with Crippen molar-refractivity contribution in [1.82, 2.24) is 15.2 Å². The molecule has 3 heterocycles. The topological polar surface area (TPSA) is 77.7 Å². The lowest BCUT2D eigenvalue weighted by Crippen LogP contribution is -2.26. The highest BCUT2D eigenvalue weighted by Gasteiger charge is 2.24. The van der Waals surface area contributed by atoms with E-state index in [1.807, 2.05) is 0 Å².